The van der Waals surface area contributed by atoms with Crippen molar-refractivity contribution in [3.8, 4) is 0 Å². The average molecular weight is 221 g/mol. The quantitative estimate of drug-likeness (QED) is 0.825. The van der Waals surface area contributed by atoms with Crippen LogP contribution in [0.25, 0.3) is 0 Å². The molecule has 0 aliphatic carbocycles. The normalized spacial score (nSPS) is 19.6. The molecule has 0 unspecified atom stereocenters. The first kappa shape index (κ1) is 11.3. The molecule has 1 saturated heterocycles. The zero-order valence-electron chi connectivity index (χ0n) is 9.99. The fourth-order valence-electron chi connectivity index (χ4n) is 2.22. The van der Waals surface area contributed by atoms with Crippen molar-refractivity contribution in [2.75, 3.05) is 13.1 Å². The average Bonchev–Trinajstić information content (AvgIpc) is 2.65. The van der Waals surface area contributed by atoms with Crippen molar-refractivity contribution < 1.29 is 4.79 Å². The maximum Gasteiger partial charge on any atom is 0.143 e. The minimum Gasteiger partial charge on any atom is -0.317 e. The number of carbonyl (C=O) groups excluding carboxylic acids is 1. The van der Waals surface area contributed by atoms with Gasteiger partial charge < -0.3 is 5.32 Å². The van der Waals surface area contributed by atoms with E-state index in [9.17, 15) is 4.79 Å². The number of rotatable bonds is 3. The number of nitrogens with zero attached hydrogens (tertiary/aromatic N) is 2. The van der Waals surface area contributed by atoms with E-state index in [1.54, 1.807) is 10.9 Å². The van der Waals surface area contributed by atoms with Gasteiger partial charge in [0.25, 0.3) is 0 Å². The van der Waals surface area contributed by atoms with Crippen LogP contribution in [0.3, 0.4) is 0 Å². The minimum atomic E-state index is -0.138. The lowest BCUT2D eigenvalue weighted by Crippen LogP contribution is -2.40. The molecule has 0 radical (unpaired) electrons. The second kappa shape index (κ2) is 4.37. The number of aromatic nitrogens is 2. The molecule has 0 atom stereocenters. The Morgan fingerprint density at radius 3 is 2.81 bits per heavy atom. The molecule has 0 aromatic carbocycles. The van der Waals surface area contributed by atoms with Crippen LogP contribution in [0, 0.1) is 5.41 Å². The van der Waals surface area contributed by atoms with Crippen LogP contribution < -0.4 is 5.32 Å². The van der Waals surface area contributed by atoms with Crippen molar-refractivity contribution >= 4 is 5.78 Å². The number of hydrogen-bond acceptors (Lipinski definition) is 3. The van der Waals surface area contributed by atoms with Gasteiger partial charge in [0.15, 0.2) is 0 Å². The highest BCUT2D eigenvalue weighted by atomic mass is 16.1. The number of hydrogen-bond donors (Lipinski definition) is 1. The highest BCUT2D eigenvalue weighted by Crippen LogP contribution is 2.30. The van der Waals surface area contributed by atoms with Crippen LogP contribution in [0.1, 0.15) is 25.3 Å². The Morgan fingerprint density at radius 2 is 2.25 bits per heavy atom. The van der Waals surface area contributed by atoms with Gasteiger partial charge in [-0.1, -0.05) is 6.92 Å². The molecule has 0 bridgehead atoms. The fourth-order valence-corrected chi connectivity index (χ4v) is 2.22. The standard InChI is InChI=1S/C12H19N3O/c1-12(3-5-13-6-4-12)11(16)7-10-8-14-15(2)9-10/h8-9,13H,3-7H2,1-2H3. The molecular weight excluding hydrogens is 202 g/mol. The first-order chi connectivity index (χ1) is 7.60. The Bertz CT molecular complexity index is 377. The molecule has 88 valence electrons. The molecule has 0 spiro atoms. The molecule has 1 N–H and O–H groups in total. The van der Waals surface area contributed by atoms with Crippen LogP contribution in [-0.4, -0.2) is 28.7 Å². The molecule has 4 heteroatoms. The SMILES string of the molecule is Cn1cc(CC(=O)C2(C)CCNCC2)cn1. The smallest absolute Gasteiger partial charge is 0.143 e. The van der Waals surface area contributed by atoms with Crippen LogP contribution in [0.2, 0.25) is 0 Å². The third kappa shape index (κ3) is 2.32. The molecular formula is C12H19N3O. The summed E-state index contributed by atoms with van der Waals surface area (Å²) in [6.07, 6.45) is 6.12. The lowest BCUT2D eigenvalue weighted by molar-refractivity contribution is -0.128. The summed E-state index contributed by atoms with van der Waals surface area (Å²) >= 11 is 0. The van der Waals surface area contributed by atoms with Crippen molar-refractivity contribution in [3.63, 3.8) is 0 Å². The third-order valence-electron chi connectivity index (χ3n) is 3.50. The van der Waals surface area contributed by atoms with Crippen molar-refractivity contribution in [2.45, 2.75) is 26.2 Å². The Labute approximate surface area is 96.0 Å². The summed E-state index contributed by atoms with van der Waals surface area (Å²) in [5.41, 5.74) is 0.883. The predicted molar refractivity (Wildman–Crippen MR) is 62.1 cm³/mol. The largest absolute Gasteiger partial charge is 0.317 e. The van der Waals surface area contributed by atoms with Gasteiger partial charge in [-0.15, -0.1) is 0 Å². The van der Waals surface area contributed by atoms with Gasteiger partial charge in [0, 0.05) is 25.1 Å². The van der Waals surface area contributed by atoms with Gasteiger partial charge in [-0.05, 0) is 31.5 Å². The van der Waals surface area contributed by atoms with Crippen LogP contribution >= 0.6 is 0 Å². The van der Waals surface area contributed by atoms with Gasteiger partial charge in [-0.25, -0.2) is 0 Å². The van der Waals surface area contributed by atoms with Crippen molar-refractivity contribution in [2.24, 2.45) is 12.5 Å². The van der Waals surface area contributed by atoms with Crippen LogP contribution in [0.4, 0.5) is 0 Å². The van der Waals surface area contributed by atoms with Crippen LogP contribution in [0.5, 0.6) is 0 Å². The van der Waals surface area contributed by atoms with Crippen LogP contribution in [0.15, 0.2) is 12.4 Å². The molecule has 2 heterocycles. The molecule has 1 aromatic rings. The van der Waals surface area contributed by atoms with E-state index < -0.39 is 0 Å². The molecule has 2 rings (SSSR count). The first-order valence-corrected chi connectivity index (χ1v) is 5.82. The second-order valence-corrected chi connectivity index (χ2v) is 4.93. The topological polar surface area (TPSA) is 46.9 Å². The Kier molecular flexibility index (Phi) is 3.10. The van der Waals surface area contributed by atoms with Gasteiger partial charge in [-0.3, -0.25) is 9.48 Å². The summed E-state index contributed by atoms with van der Waals surface area (Å²) in [5, 5.41) is 7.38. The predicted octanol–water partition coefficient (Wildman–Crippen LogP) is 0.921. The van der Waals surface area contributed by atoms with Gasteiger partial charge in [-0.2, -0.15) is 5.10 Å². The summed E-state index contributed by atoms with van der Waals surface area (Å²) < 4.78 is 1.74. The van der Waals surface area contributed by atoms with Crippen LogP contribution in [-0.2, 0) is 18.3 Å². The van der Waals surface area contributed by atoms with E-state index in [1.807, 2.05) is 13.2 Å². The molecule has 1 aliphatic rings. The van der Waals surface area contributed by atoms with Gasteiger partial charge in [0.05, 0.1) is 6.20 Å². The number of carbonyl (C=O) groups is 1. The summed E-state index contributed by atoms with van der Waals surface area (Å²) in [6.45, 7) is 4.00. The monoisotopic (exact) mass is 221 g/mol. The fraction of sp³-hybridized carbons (Fsp3) is 0.667. The molecule has 1 aromatic heterocycles. The van der Waals surface area contributed by atoms with Crippen molar-refractivity contribution in [1.82, 2.24) is 15.1 Å². The highest BCUT2D eigenvalue weighted by Gasteiger charge is 2.33. The van der Waals surface area contributed by atoms with Crippen molar-refractivity contribution in [3.05, 3.63) is 18.0 Å². The molecule has 4 nitrogen and oxygen atoms in total. The Hall–Kier alpha value is -1.16. The molecule has 16 heavy (non-hydrogen) atoms. The summed E-state index contributed by atoms with van der Waals surface area (Å²) in [6, 6.07) is 0. The summed E-state index contributed by atoms with van der Waals surface area (Å²) in [5.74, 6) is 0.349. The van der Waals surface area contributed by atoms with Gasteiger partial charge in [0.1, 0.15) is 5.78 Å². The molecule has 1 aliphatic heterocycles. The van der Waals surface area contributed by atoms with E-state index in [0.717, 1.165) is 31.5 Å². The zero-order valence-corrected chi connectivity index (χ0v) is 9.99. The number of aryl methyl sites for hydroxylation is 1. The molecule has 1 fully saturated rings. The second-order valence-electron chi connectivity index (χ2n) is 4.93. The first-order valence-electron chi connectivity index (χ1n) is 5.82. The van der Waals surface area contributed by atoms with E-state index in [-0.39, 0.29) is 5.41 Å². The molecule has 0 amide bonds. The van der Waals surface area contributed by atoms with E-state index >= 15 is 0 Å². The van der Waals surface area contributed by atoms with E-state index in [2.05, 4.69) is 17.3 Å². The highest BCUT2D eigenvalue weighted by molar-refractivity contribution is 5.86. The lowest BCUT2D eigenvalue weighted by atomic mass is 9.75. The van der Waals surface area contributed by atoms with Gasteiger partial charge in [0.2, 0.25) is 0 Å². The molecule has 0 saturated carbocycles. The number of nitrogens with one attached hydrogen (secondary N) is 1. The Morgan fingerprint density at radius 1 is 1.56 bits per heavy atom. The summed E-state index contributed by atoms with van der Waals surface area (Å²) in [4.78, 5) is 12.2. The van der Waals surface area contributed by atoms with Gasteiger partial charge >= 0.3 is 0 Å². The number of Topliss-reactive ketones (excluding diaryl/α,β-unsaturated/α-hetero) is 1. The van der Waals surface area contributed by atoms with Crippen molar-refractivity contribution in [1.29, 1.82) is 0 Å². The zero-order chi connectivity index (χ0) is 11.6. The lowest BCUT2D eigenvalue weighted by Gasteiger charge is -2.32. The number of ketones is 1. The summed E-state index contributed by atoms with van der Waals surface area (Å²) in [7, 11) is 1.88. The minimum absolute atomic E-state index is 0.138. The maximum atomic E-state index is 12.2. The Balaban J connectivity index is 2.01. The van der Waals surface area contributed by atoms with E-state index in [0.29, 0.717) is 12.2 Å². The number of piperidine rings is 1. The maximum absolute atomic E-state index is 12.2. The van der Waals surface area contributed by atoms with E-state index in [4.69, 9.17) is 0 Å². The van der Waals surface area contributed by atoms with E-state index in [1.165, 1.54) is 0 Å². The third-order valence-corrected chi connectivity index (χ3v) is 3.50.